The normalized spacial score (nSPS) is 20.9. The topological polar surface area (TPSA) is 95.9 Å². The molecule has 1 fully saturated rings. The van der Waals surface area contributed by atoms with Gasteiger partial charge in [0.15, 0.2) is 0 Å². The van der Waals surface area contributed by atoms with Crippen molar-refractivity contribution in [2.24, 2.45) is 0 Å². The first kappa shape index (κ1) is 15.8. The van der Waals surface area contributed by atoms with Crippen molar-refractivity contribution in [2.45, 2.75) is 25.8 Å². The van der Waals surface area contributed by atoms with E-state index in [-0.39, 0.29) is 0 Å². The van der Waals surface area contributed by atoms with Crippen molar-refractivity contribution in [1.29, 1.82) is 0 Å². The zero-order valence-electron chi connectivity index (χ0n) is 12.5. The van der Waals surface area contributed by atoms with E-state index in [1.165, 1.54) is 0 Å². The maximum Gasteiger partial charge on any atom is 0.325 e. The molecule has 0 radical (unpaired) electrons. The number of urea groups is 1. The summed E-state index contributed by atoms with van der Waals surface area (Å²) in [5.74, 6) is -1.15. The highest BCUT2D eigenvalue weighted by Gasteiger charge is 2.49. The van der Waals surface area contributed by atoms with Gasteiger partial charge in [-0.05, 0) is 31.0 Å². The lowest BCUT2D eigenvalue weighted by molar-refractivity contribution is -0.142. The number of amides is 3. The number of rotatable bonds is 6. The van der Waals surface area contributed by atoms with Crippen molar-refractivity contribution < 1.29 is 24.2 Å². The maximum absolute atomic E-state index is 12.4. The fourth-order valence-corrected chi connectivity index (χ4v) is 2.28. The average molecular weight is 306 g/mol. The molecule has 0 aromatic heterocycles. The van der Waals surface area contributed by atoms with Gasteiger partial charge < -0.3 is 15.2 Å². The number of carboxylic acids is 1. The third kappa shape index (κ3) is 2.88. The number of nitrogens with zero attached hydrogens (tertiary/aromatic N) is 1. The molecule has 0 aliphatic carbocycles. The van der Waals surface area contributed by atoms with Gasteiger partial charge in [0.05, 0.1) is 6.61 Å². The van der Waals surface area contributed by atoms with Crippen molar-refractivity contribution >= 4 is 17.9 Å². The lowest BCUT2D eigenvalue weighted by Crippen LogP contribution is -2.41. The summed E-state index contributed by atoms with van der Waals surface area (Å²) in [5.41, 5.74) is -0.696. The zero-order valence-corrected chi connectivity index (χ0v) is 12.5. The molecule has 1 aromatic rings. The molecule has 7 nitrogen and oxygen atoms in total. The number of carbonyl (C=O) groups excluding carboxylic acids is 2. The van der Waals surface area contributed by atoms with Crippen molar-refractivity contribution in [3.05, 3.63) is 29.8 Å². The molecule has 3 amide bonds. The number of carboxylic acid groups (broad SMARTS) is 1. The summed E-state index contributed by atoms with van der Waals surface area (Å²) in [5, 5.41) is 11.3. The van der Waals surface area contributed by atoms with Crippen LogP contribution in [0.25, 0.3) is 0 Å². The van der Waals surface area contributed by atoms with Crippen LogP contribution in [0.1, 0.15) is 25.8 Å². The fraction of sp³-hybridized carbons (Fsp3) is 0.400. The first-order valence-electron chi connectivity index (χ1n) is 6.97. The van der Waals surface area contributed by atoms with Crippen LogP contribution in [-0.2, 0) is 15.1 Å². The summed E-state index contributed by atoms with van der Waals surface area (Å²) in [6, 6.07) is 6.10. The van der Waals surface area contributed by atoms with Gasteiger partial charge in [-0.1, -0.05) is 19.1 Å². The van der Waals surface area contributed by atoms with E-state index in [2.05, 4.69) is 5.32 Å². The van der Waals surface area contributed by atoms with Gasteiger partial charge in [-0.2, -0.15) is 0 Å². The van der Waals surface area contributed by atoms with Crippen LogP contribution in [0.15, 0.2) is 24.3 Å². The molecule has 2 rings (SSSR count). The molecule has 1 unspecified atom stereocenters. The molecule has 1 atom stereocenters. The van der Waals surface area contributed by atoms with Gasteiger partial charge in [0.25, 0.3) is 5.91 Å². The van der Waals surface area contributed by atoms with Gasteiger partial charge in [-0.25, -0.2) is 4.79 Å². The monoisotopic (exact) mass is 306 g/mol. The Kier molecular flexibility index (Phi) is 4.35. The number of aliphatic carboxylic acids is 1. The molecule has 1 heterocycles. The highest BCUT2D eigenvalue weighted by molar-refractivity contribution is 6.08. The second-order valence-electron chi connectivity index (χ2n) is 5.21. The minimum absolute atomic E-state index is 0.572. The summed E-state index contributed by atoms with van der Waals surface area (Å²) >= 11 is 0. The molecule has 0 spiro atoms. The van der Waals surface area contributed by atoms with Crippen LogP contribution in [0.3, 0.4) is 0 Å². The Morgan fingerprint density at radius 2 is 1.95 bits per heavy atom. The van der Waals surface area contributed by atoms with Crippen LogP contribution in [0.4, 0.5) is 4.79 Å². The van der Waals surface area contributed by atoms with Crippen LogP contribution in [0.2, 0.25) is 0 Å². The molecule has 1 aliphatic heterocycles. The Morgan fingerprint density at radius 1 is 1.32 bits per heavy atom. The third-order valence-corrected chi connectivity index (χ3v) is 3.47. The minimum atomic E-state index is -1.27. The van der Waals surface area contributed by atoms with E-state index in [0.29, 0.717) is 22.8 Å². The maximum atomic E-state index is 12.4. The molecule has 1 aromatic carbocycles. The Hall–Kier alpha value is -2.57. The molecule has 0 bridgehead atoms. The molecule has 1 aliphatic rings. The summed E-state index contributed by atoms with van der Waals surface area (Å²) in [6.07, 6.45) is 0.887. The number of ether oxygens (including phenoxy) is 1. The fourth-order valence-electron chi connectivity index (χ4n) is 2.28. The Morgan fingerprint density at radius 3 is 2.50 bits per heavy atom. The SMILES string of the molecule is CCCOc1ccc(C2(C)NC(=O)N(CC(=O)O)C2=O)cc1. The van der Waals surface area contributed by atoms with Crippen molar-refractivity contribution in [3.8, 4) is 5.75 Å². The summed E-state index contributed by atoms with van der Waals surface area (Å²) in [6.45, 7) is 3.49. The molecule has 22 heavy (non-hydrogen) atoms. The number of carbonyl (C=O) groups is 3. The van der Waals surface area contributed by atoms with Crippen LogP contribution >= 0.6 is 0 Å². The van der Waals surface area contributed by atoms with E-state index in [9.17, 15) is 14.4 Å². The van der Waals surface area contributed by atoms with Crippen LogP contribution in [0.5, 0.6) is 5.75 Å². The summed E-state index contributed by atoms with van der Waals surface area (Å²) in [7, 11) is 0. The predicted molar refractivity (Wildman–Crippen MR) is 77.5 cm³/mol. The molecular weight excluding hydrogens is 288 g/mol. The van der Waals surface area contributed by atoms with Crippen molar-refractivity contribution in [2.75, 3.05) is 13.2 Å². The minimum Gasteiger partial charge on any atom is -0.494 e. The van der Waals surface area contributed by atoms with Crippen LogP contribution in [0, 0.1) is 0 Å². The number of benzene rings is 1. The van der Waals surface area contributed by atoms with Gasteiger partial charge in [-0.15, -0.1) is 0 Å². The number of nitrogens with one attached hydrogen (secondary N) is 1. The number of imide groups is 1. The first-order valence-corrected chi connectivity index (χ1v) is 6.97. The van der Waals surface area contributed by atoms with Gasteiger partial charge >= 0.3 is 12.0 Å². The number of hydrogen-bond donors (Lipinski definition) is 2. The van der Waals surface area contributed by atoms with Crippen LogP contribution < -0.4 is 10.1 Å². The molecule has 118 valence electrons. The second kappa shape index (κ2) is 6.05. The Labute approximate surface area is 127 Å². The number of hydrogen-bond acceptors (Lipinski definition) is 4. The van der Waals surface area contributed by atoms with Crippen molar-refractivity contribution in [3.63, 3.8) is 0 Å². The zero-order chi connectivity index (χ0) is 16.3. The lowest BCUT2D eigenvalue weighted by Gasteiger charge is -2.22. The van der Waals surface area contributed by atoms with Gasteiger partial charge in [0, 0.05) is 0 Å². The molecule has 0 saturated carbocycles. The third-order valence-electron chi connectivity index (χ3n) is 3.47. The molecule has 7 heteroatoms. The van der Waals surface area contributed by atoms with Crippen molar-refractivity contribution in [1.82, 2.24) is 10.2 Å². The standard InChI is InChI=1S/C15H18N2O5/c1-3-8-22-11-6-4-10(5-7-11)15(2)13(20)17(9-12(18)19)14(21)16-15/h4-7H,3,8-9H2,1-2H3,(H,16,21)(H,18,19). The van der Waals surface area contributed by atoms with Gasteiger partial charge in [0.1, 0.15) is 17.8 Å². The Balaban J connectivity index is 2.22. The second-order valence-corrected chi connectivity index (χ2v) is 5.21. The lowest BCUT2D eigenvalue weighted by atomic mass is 9.92. The molecule has 1 saturated heterocycles. The van der Waals surface area contributed by atoms with E-state index >= 15 is 0 Å². The molecule has 2 N–H and O–H groups in total. The average Bonchev–Trinajstić information content (AvgIpc) is 2.70. The first-order chi connectivity index (χ1) is 10.4. The molecular formula is C15H18N2O5. The highest BCUT2D eigenvalue weighted by atomic mass is 16.5. The highest BCUT2D eigenvalue weighted by Crippen LogP contribution is 2.29. The summed E-state index contributed by atoms with van der Waals surface area (Å²) in [4.78, 5) is 35.6. The smallest absolute Gasteiger partial charge is 0.325 e. The van der Waals surface area contributed by atoms with Gasteiger partial charge in [-0.3, -0.25) is 14.5 Å². The largest absolute Gasteiger partial charge is 0.494 e. The van der Waals surface area contributed by atoms with E-state index in [0.717, 1.165) is 6.42 Å². The Bertz CT molecular complexity index is 598. The van der Waals surface area contributed by atoms with Crippen LogP contribution in [-0.4, -0.2) is 41.1 Å². The van der Waals surface area contributed by atoms with E-state index in [1.807, 2.05) is 6.92 Å². The van der Waals surface area contributed by atoms with E-state index < -0.39 is 30.0 Å². The summed E-state index contributed by atoms with van der Waals surface area (Å²) < 4.78 is 5.47. The quantitative estimate of drug-likeness (QED) is 0.773. The van der Waals surface area contributed by atoms with E-state index in [1.54, 1.807) is 31.2 Å². The predicted octanol–water partition coefficient (Wildman–Crippen LogP) is 1.33. The van der Waals surface area contributed by atoms with E-state index in [4.69, 9.17) is 9.84 Å². The van der Waals surface area contributed by atoms with Gasteiger partial charge in [0.2, 0.25) is 0 Å².